The van der Waals surface area contributed by atoms with Crippen LogP contribution in [0.1, 0.15) is 23.2 Å². The van der Waals surface area contributed by atoms with E-state index < -0.39 is 0 Å². The second-order valence-corrected chi connectivity index (χ2v) is 5.39. The molecule has 5 heteroatoms. The summed E-state index contributed by atoms with van der Waals surface area (Å²) in [5, 5.41) is 9.16. The first-order valence-electron chi connectivity index (χ1n) is 6.72. The Balaban J connectivity index is 1.65. The minimum Gasteiger partial charge on any atom is -0.351 e. The highest BCUT2D eigenvalue weighted by atomic mass is 32.1. The van der Waals surface area contributed by atoms with Crippen LogP contribution in [0.2, 0.25) is 0 Å². The highest BCUT2D eigenvalue weighted by Gasteiger charge is 2.03. The number of aromatic nitrogens is 1. The Kier molecular flexibility index (Phi) is 5.70. The summed E-state index contributed by atoms with van der Waals surface area (Å²) in [6.07, 6.45) is 0.961. The molecule has 2 rings (SSSR count). The average molecular weight is 289 g/mol. The van der Waals surface area contributed by atoms with E-state index in [9.17, 15) is 4.79 Å². The number of carbonyl (C=O) groups excluding carboxylic acids is 1. The number of nitrogens with zero attached hydrogens (tertiary/aromatic N) is 1. The molecule has 106 valence electrons. The number of amides is 1. The smallest absolute Gasteiger partial charge is 0.234 e. The lowest BCUT2D eigenvalue weighted by Crippen LogP contribution is -2.33. The first-order valence-corrected chi connectivity index (χ1v) is 7.60. The van der Waals surface area contributed by atoms with Crippen molar-refractivity contribution in [3.8, 4) is 0 Å². The van der Waals surface area contributed by atoms with Crippen LogP contribution in [0.25, 0.3) is 0 Å². The lowest BCUT2D eigenvalue weighted by atomic mass is 10.2. The molecular formula is C15H19N3OS. The average Bonchev–Trinajstić information content (AvgIpc) is 2.94. The van der Waals surface area contributed by atoms with Crippen LogP contribution in [0, 0.1) is 0 Å². The van der Waals surface area contributed by atoms with Gasteiger partial charge >= 0.3 is 0 Å². The van der Waals surface area contributed by atoms with Crippen molar-refractivity contribution in [2.45, 2.75) is 26.4 Å². The molecule has 1 amide bonds. The zero-order chi connectivity index (χ0) is 14.2. The van der Waals surface area contributed by atoms with Gasteiger partial charge in [-0.2, -0.15) is 0 Å². The Morgan fingerprint density at radius 3 is 2.75 bits per heavy atom. The molecule has 0 bridgehead atoms. The molecule has 0 aliphatic heterocycles. The standard InChI is InChI=1S/C15H19N3OS/c1-2-15-18-13(11-20-15)9-16-10-14(19)17-8-12-6-4-3-5-7-12/h3-7,11,16H,2,8-10H2,1H3,(H,17,19). The van der Waals surface area contributed by atoms with Crippen molar-refractivity contribution in [3.63, 3.8) is 0 Å². The number of thiazole rings is 1. The van der Waals surface area contributed by atoms with Crippen LogP contribution >= 0.6 is 11.3 Å². The monoisotopic (exact) mass is 289 g/mol. The van der Waals surface area contributed by atoms with Gasteiger partial charge in [-0.15, -0.1) is 11.3 Å². The largest absolute Gasteiger partial charge is 0.351 e. The van der Waals surface area contributed by atoms with Gasteiger partial charge in [0.05, 0.1) is 17.2 Å². The molecule has 1 heterocycles. The Morgan fingerprint density at radius 2 is 2.05 bits per heavy atom. The first-order chi connectivity index (χ1) is 9.78. The third-order valence-corrected chi connectivity index (χ3v) is 3.87. The van der Waals surface area contributed by atoms with Gasteiger partial charge in [-0.05, 0) is 12.0 Å². The summed E-state index contributed by atoms with van der Waals surface area (Å²) in [7, 11) is 0. The summed E-state index contributed by atoms with van der Waals surface area (Å²) < 4.78 is 0. The van der Waals surface area contributed by atoms with Crippen LogP contribution < -0.4 is 10.6 Å². The van der Waals surface area contributed by atoms with Gasteiger partial charge in [0.15, 0.2) is 0 Å². The van der Waals surface area contributed by atoms with E-state index in [1.807, 2.05) is 35.7 Å². The van der Waals surface area contributed by atoms with Gasteiger partial charge in [0.25, 0.3) is 0 Å². The predicted molar refractivity (Wildman–Crippen MR) is 81.5 cm³/mol. The molecule has 0 atom stereocenters. The number of nitrogens with one attached hydrogen (secondary N) is 2. The van der Waals surface area contributed by atoms with Gasteiger partial charge in [0.2, 0.25) is 5.91 Å². The summed E-state index contributed by atoms with van der Waals surface area (Å²) in [5.41, 5.74) is 2.11. The molecule has 0 radical (unpaired) electrons. The number of hydrogen-bond acceptors (Lipinski definition) is 4. The van der Waals surface area contributed by atoms with Crippen LogP contribution in [-0.2, 0) is 24.3 Å². The molecule has 0 saturated carbocycles. The number of carbonyl (C=O) groups is 1. The van der Waals surface area contributed by atoms with Crippen LogP contribution in [0.4, 0.5) is 0 Å². The Morgan fingerprint density at radius 1 is 1.25 bits per heavy atom. The minimum absolute atomic E-state index is 0.000187. The number of rotatable bonds is 7. The van der Waals surface area contributed by atoms with Crippen molar-refractivity contribution in [1.29, 1.82) is 0 Å². The summed E-state index contributed by atoms with van der Waals surface area (Å²) in [6, 6.07) is 9.89. The Hall–Kier alpha value is -1.72. The van der Waals surface area contributed by atoms with E-state index in [1.165, 1.54) is 0 Å². The Labute approximate surface area is 123 Å². The molecule has 0 aliphatic carbocycles. The van der Waals surface area contributed by atoms with Crippen LogP contribution in [0.15, 0.2) is 35.7 Å². The lowest BCUT2D eigenvalue weighted by molar-refractivity contribution is -0.120. The fourth-order valence-electron chi connectivity index (χ4n) is 1.76. The molecule has 0 unspecified atom stereocenters. The van der Waals surface area contributed by atoms with Gasteiger partial charge in [0, 0.05) is 18.5 Å². The highest BCUT2D eigenvalue weighted by molar-refractivity contribution is 7.09. The van der Waals surface area contributed by atoms with E-state index in [0.29, 0.717) is 19.6 Å². The predicted octanol–water partition coefficient (Wildman–Crippen LogP) is 2.11. The Bertz CT molecular complexity index is 539. The maximum absolute atomic E-state index is 11.7. The van der Waals surface area contributed by atoms with E-state index in [2.05, 4.69) is 22.5 Å². The second kappa shape index (κ2) is 7.77. The van der Waals surface area contributed by atoms with Crippen molar-refractivity contribution in [1.82, 2.24) is 15.6 Å². The molecule has 0 saturated heterocycles. The molecule has 2 aromatic rings. The summed E-state index contributed by atoms with van der Waals surface area (Å²) >= 11 is 1.66. The van der Waals surface area contributed by atoms with E-state index >= 15 is 0 Å². The molecular weight excluding hydrogens is 270 g/mol. The van der Waals surface area contributed by atoms with Gasteiger partial charge in [-0.25, -0.2) is 4.98 Å². The van der Waals surface area contributed by atoms with Crippen molar-refractivity contribution >= 4 is 17.2 Å². The van der Waals surface area contributed by atoms with Crippen LogP contribution in [-0.4, -0.2) is 17.4 Å². The maximum Gasteiger partial charge on any atom is 0.234 e. The van der Waals surface area contributed by atoms with E-state index in [4.69, 9.17) is 0 Å². The van der Waals surface area contributed by atoms with Crippen LogP contribution in [0.5, 0.6) is 0 Å². The van der Waals surface area contributed by atoms with Gasteiger partial charge in [-0.1, -0.05) is 37.3 Å². The minimum atomic E-state index is -0.000187. The zero-order valence-corrected chi connectivity index (χ0v) is 12.4. The summed E-state index contributed by atoms with van der Waals surface area (Å²) in [4.78, 5) is 16.1. The van der Waals surface area contributed by atoms with Gasteiger partial charge in [-0.3, -0.25) is 4.79 Å². The quantitative estimate of drug-likeness (QED) is 0.821. The third kappa shape index (κ3) is 4.75. The molecule has 1 aromatic heterocycles. The lowest BCUT2D eigenvalue weighted by Gasteiger charge is -2.06. The molecule has 20 heavy (non-hydrogen) atoms. The summed E-state index contributed by atoms with van der Waals surface area (Å²) in [6.45, 7) is 3.60. The maximum atomic E-state index is 11.7. The molecule has 0 aliphatic rings. The van der Waals surface area contributed by atoms with Crippen molar-refractivity contribution in [2.24, 2.45) is 0 Å². The van der Waals surface area contributed by atoms with Crippen molar-refractivity contribution in [2.75, 3.05) is 6.54 Å². The zero-order valence-electron chi connectivity index (χ0n) is 11.6. The molecule has 0 fully saturated rings. The van der Waals surface area contributed by atoms with Crippen molar-refractivity contribution < 1.29 is 4.79 Å². The van der Waals surface area contributed by atoms with Crippen molar-refractivity contribution in [3.05, 3.63) is 52.0 Å². The van der Waals surface area contributed by atoms with Gasteiger partial charge in [0.1, 0.15) is 0 Å². The number of aryl methyl sites for hydroxylation is 1. The van der Waals surface area contributed by atoms with E-state index in [0.717, 1.165) is 22.7 Å². The molecule has 1 aromatic carbocycles. The topological polar surface area (TPSA) is 54.0 Å². The van der Waals surface area contributed by atoms with Crippen LogP contribution in [0.3, 0.4) is 0 Å². The molecule has 4 nitrogen and oxygen atoms in total. The molecule has 0 spiro atoms. The first kappa shape index (κ1) is 14.7. The van der Waals surface area contributed by atoms with E-state index in [-0.39, 0.29) is 5.91 Å². The highest BCUT2D eigenvalue weighted by Crippen LogP contribution is 2.09. The second-order valence-electron chi connectivity index (χ2n) is 4.45. The SMILES string of the molecule is CCc1nc(CNCC(=O)NCc2ccccc2)cs1. The van der Waals surface area contributed by atoms with Gasteiger partial charge < -0.3 is 10.6 Å². The fourth-order valence-corrected chi connectivity index (χ4v) is 2.50. The number of hydrogen-bond donors (Lipinski definition) is 2. The normalized spacial score (nSPS) is 10.4. The molecule has 2 N–H and O–H groups in total. The fraction of sp³-hybridized carbons (Fsp3) is 0.333. The third-order valence-electron chi connectivity index (χ3n) is 2.83. The number of benzene rings is 1. The summed E-state index contributed by atoms with van der Waals surface area (Å²) in [5.74, 6) is -0.000187. The van der Waals surface area contributed by atoms with E-state index in [1.54, 1.807) is 11.3 Å².